The van der Waals surface area contributed by atoms with E-state index in [0.29, 0.717) is 32.6 Å². The second-order valence-corrected chi connectivity index (χ2v) is 7.70. The van der Waals surface area contributed by atoms with E-state index in [-0.39, 0.29) is 11.8 Å². The van der Waals surface area contributed by atoms with E-state index < -0.39 is 10.2 Å². The normalized spacial score (nSPS) is 24.3. The summed E-state index contributed by atoms with van der Waals surface area (Å²) in [6, 6.07) is 9.70. The van der Waals surface area contributed by atoms with Gasteiger partial charge in [-0.05, 0) is 18.1 Å². The Morgan fingerprint density at radius 3 is 2.35 bits per heavy atom. The van der Waals surface area contributed by atoms with Crippen LogP contribution in [0.2, 0.25) is 0 Å². The minimum atomic E-state index is -3.59. The highest BCUT2D eigenvalue weighted by atomic mass is 32.2. The molecule has 8 heteroatoms. The van der Waals surface area contributed by atoms with E-state index in [0.717, 1.165) is 18.8 Å². The molecular formula is C15H22N4O3S. The van der Waals surface area contributed by atoms with Gasteiger partial charge in [-0.2, -0.15) is 12.7 Å². The molecule has 0 spiro atoms. The van der Waals surface area contributed by atoms with Crippen LogP contribution in [0.5, 0.6) is 0 Å². The molecule has 0 unspecified atom stereocenters. The second kappa shape index (κ2) is 6.56. The van der Waals surface area contributed by atoms with Gasteiger partial charge in [0.2, 0.25) is 5.91 Å². The van der Waals surface area contributed by atoms with Gasteiger partial charge in [0.05, 0.1) is 0 Å². The first-order valence-corrected chi connectivity index (χ1v) is 9.29. The Kier molecular flexibility index (Phi) is 4.67. The molecule has 3 rings (SSSR count). The highest BCUT2D eigenvalue weighted by Gasteiger charge is 2.33. The molecule has 0 aliphatic carbocycles. The third-order valence-electron chi connectivity index (χ3n) is 4.48. The minimum Gasteiger partial charge on any atom is -0.312 e. The van der Waals surface area contributed by atoms with Gasteiger partial charge in [-0.25, -0.2) is 5.14 Å². The maximum absolute atomic E-state index is 12.2. The Labute approximate surface area is 136 Å². The van der Waals surface area contributed by atoms with Gasteiger partial charge in [0.25, 0.3) is 10.2 Å². The quantitative estimate of drug-likeness (QED) is 0.828. The number of hydrogen-bond acceptors (Lipinski definition) is 4. The lowest BCUT2D eigenvalue weighted by atomic mass is 10.1. The zero-order chi connectivity index (χ0) is 16.4. The lowest BCUT2D eigenvalue weighted by Gasteiger charge is -2.34. The van der Waals surface area contributed by atoms with E-state index in [2.05, 4.69) is 4.90 Å². The van der Waals surface area contributed by atoms with Crippen LogP contribution >= 0.6 is 0 Å². The van der Waals surface area contributed by atoms with Gasteiger partial charge in [0.1, 0.15) is 0 Å². The summed E-state index contributed by atoms with van der Waals surface area (Å²) in [5.74, 6) is 0.438. The molecule has 2 aliphatic rings. The largest absolute Gasteiger partial charge is 0.312 e. The molecule has 23 heavy (non-hydrogen) atoms. The average molecular weight is 338 g/mol. The van der Waals surface area contributed by atoms with Crippen molar-refractivity contribution in [2.75, 3.05) is 44.2 Å². The van der Waals surface area contributed by atoms with E-state index >= 15 is 0 Å². The fraction of sp³-hybridized carbons (Fsp3) is 0.533. The van der Waals surface area contributed by atoms with Crippen molar-refractivity contribution in [3.63, 3.8) is 0 Å². The zero-order valence-corrected chi connectivity index (χ0v) is 13.8. The first-order valence-electron chi connectivity index (χ1n) is 7.79. The van der Waals surface area contributed by atoms with E-state index in [1.54, 1.807) is 0 Å². The molecule has 0 bridgehead atoms. The maximum atomic E-state index is 12.2. The third kappa shape index (κ3) is 3.89. The first-order chi connectivity index (χ1) is 10.9. The smallest absolute Gasteiger partial charge is 0.276 e. The van der Waals surface area contributed by atoms with Crippen LogP contribution in [-0.2, 0) is 15.0 Å². The number of para-hydroxylation sites is 1. The van der Waals surface area contributed by atoms with Crippen molar-refractivity contribution in [3.05, 3.63) is 30.3 Å². The number of nitrogens with two attached hydrogens (primary N) is 1. The van der Waals surface area contributed by atoms with Crippen molar-refractivity contribution in [3.8, 4) is 0 Å². The molecule has 2 fully saturated rings. The number of hydrogen-bond donors (Lipinski definition) is 1. The first kappa shape index (κ1) is 16.4. The Morgan fingerprint density at radius 1 is 1.09 bits per heavy atom. The fourth-order valence-corrected chi connectivity index (χ4v) is 3.97. The van der Waals surface area contributed by atoms with E-state index in [1.807, 2.05) is 35.2 Å². The van der Waals surface area contributed by atoms with E-state index in [9.17, 15) is 13.2 Å². The summed E-state index contributed by atoms with van der Waals surface area (Å²) in [4.78, 5) is 16.3. The molecule has 0 saturated carbocycles. The molecule has 0 aromatic heterocycles. The molecule has 126 valence electrons. The molecule has 2 aliphatic heterocycles. The number of nitrogens with zero attached hydrogens (tertiary/aromatic N) is 3. The Bertz CT molecular complexity index is 657. The van der Waals surface area contributed by atoms with Gasteiger partial charge in [0, 0.05) is 51.4 Å². The van der Waals surface area contributed by atoms with Gasteiger partial charge in [0.15, 0.2) is 0 Å². The average Bonchev–Trinajstić information content (AvgIpc) is 2.88. The number of carbonyl (C=O) groups excluding carboxylic acids is 1. The van der Waals surface area contributed by atoms with Crippen molar-refractivity contribution in [1.82, 2.24) is 9.21 Å². The van der Waals surface area contributed by atoms with Crippen LogP contribution in [0.15, 0.2) is 30.3 Å². The summed E-state index contributed by atoms with van der Waals surface area (Å²) in [5.41, 5.74) is 0.944. The summed E-state index contributed by atoms with van der Waals surface area (Å²) in [6.45, 7) is 3.69. The highest BCUT2D eigenvalue weighted by Crippen LogP contribution is 2.25. The van der Waals surface area contributed by atoms with Crippen molar-refractivity contribution < 1.29 is 13.2 Å². The van der Waals surface area contributed by atoms with Gasteiger partial charge in [-0.15, -0.1) is 0 Å². The maximum Gasteiger partial charge on any atom is 0.276 e. The number of carbonyl (C=O) groups is 1. The van der Waals surface area contributed by atoms with Crippen LogP contribution in [0.3, 0.4) is 0 Å². The van der Waals surface area contributed by atoms with Crippen LogP contribution in [0.1, 0.15) is 6.42 Å². The molecule has 1 aromatic rings. The van der Waals surface area contributed by atoms with Crippen LogP contribution < -0.4 is 10.0 Å². The summed E-state index contributed by atoms with van der Waals surface area (Å²) < 4.78 is 23.9. The van der Waals surface area contributed by atoms with Gasteiger partial charge < -0.3 is 9.80 Å². The number of rotatable bonds is 4. The molecule has 2 saturated heterocycles. The highest BCUT2D eigenvalue weighted by molar-refractivity contribution is 7.86. The predicted molar refractivity (Wildman–Crippen MR) is 88.0 cm³/mol. The van der Waals surface area contributed by atoms with E-state index in [1.165, 1.54) is 4.31 Å². The van der Waals surface area contributed by atoms with E-state index in [4.69, 9.17) is 5.14 Å². The number of benzene rings is 1. The zero-order valence-electron chi connectivity index (χ0n) is 13.0. The van der Waals surface area contributed by atoms with Gasteiger partial charge >= 0.3 is 0 Å². The molecule has 2 heterocycles. The molecule has 7 nitrogen and oxygen atoms in total. The van der Waals surface area contributed by atoms with Crippen molar-refractivity contribution in [2.45, 2.75) is 6.42 Å². The SMILES string of the molecule is NS(=O)(=O)N1CCN(C[C@@H]2CC(=O)N(c3ccccc3)C2)CC1. The fourth-order valence-electron chi connectivity index (χ4n) is 3.29. The summed E-state index contributed by atoms with van der Waals surface area (Å²) in [7, 11) is -3.59. The van der Waals surface area contributed by atoms with Crippen molar-refractivity contribution >= 4 is 21.8 Å². The van der Waals surface area contributed by atoms with Crippen LogP contribution in [0.25, 0.3) is 0 Å². The molecule has 1 atom stereocenters. The molecular weight excluding hydrogens is 316 g/mol. The van der Waals surface area contributed by atoms with Crippen molar-refractivity contribution in [1.29, 1.82) is 0 Å². The lowest BCUT2D eigenvalue weighted by Crippen LogP contribution is -2.51. The predicted octanol–water partition coefficient (Wildman–Crippen LogP) is -0.139. The Balaban J connectivity index is 1.54. The number of anilines is 1. The van der Waals surface area contributed by atoms with Gasteiger partial charge in [-0.3, -0.25) is 4.79 Å². The standard InChI is InChI=1S/C15H22N4O3S/c16-23(21,22)18-8-6-17(7-9-18)11-13-10-15(20)19(12-13)14-4-2-1-3-5-14/h1-5,13H,6-12H2,(H2,16,21,22)/t13-/m0/s1. The second-order valence-electron chi connectivity index (χ2n) is 6.15. The monoisotopic (exact) mass is 338 g/mol. The van der Waals surface area contributed by atoms with Crippen LogP contribution in [0.4, 0.5) is 5.69 Å². The topological polar surface area (TPSA) is 87.0 Å². The molecule has 0 radical (unpaired) electrons. The lowest BCUT2D eigenvalue weighted by molar-refractivity contribution is -0.117. The third-order valence-corrected chi connectivity index (χ3v) is 5.57. The number of piperazine rings is 1. The Hall–Kier alpha value is -1.48. The molecule has 1 amide bonds. The molecule has 1 aromatic carbocycles. The molecule has 2 N–H and O–H groups in total. The van der Waals surface area contributed by atoms with Crippen LogP contribution in [-0.4, -0.2) is 62.8 Å². The minimum absolute atomic E-state index is 0.157. The van der Waals surface area contributed by atoms with Gasteiger partial charge in [-0.1, -0.05) is 18.2 Å². The summed E-state index contributed by atoms with van der Waals surface area (Å²) in [5, 5.41) is 5.15. The number of amides is 1. The summed E-state index contributed by atoms with van der Waals surface area (Å²) in [6.07, 6.45) is 0.546. The summed E-state index contributed by atoms with van der Waals surface area (Å²) >= 11 is 0. The Morgan fingerprint density at radius 2 is 1.74 bits per heavy atom. The van der Waals surface area contributed by atoms with Crippen LogP contribution in [0, 0.1) is 5.92 Å². The van der Waals surface area contributed by atoms with Crippen molar-refractivity contribution in [2.24, 2.45) is 11.1 Å².